The fraction of sp³-hybridized carbons (Fsp3) is 0.200. The van der Waals surface area contributed by atoms with Gasteiger partial charge in [-0.25, -0.2) is 0 Å². The van der Waals surface area contributed by atoms with Gasteiger partial charge in [-0.15, -0.1) is 0 Å². The van der Waals surface area contributed by atoms with Crippen molar-refractivity contribution in [2.75, 3.05) is 5.73 Å². The Morgan fingerprint density at radius 2 is 2.06 bits per heavy atom. The van der Waals surface area contributed by atoms with Gasteiger partial charge in [-0.05, 0) is 6.07 Å². The van der Waals surface area contributed by atoms with E-state index in [2.05, 4.69) is 10.9 Å². The number of carbonyl (C=O) groups is 2. The van der Waals surface area contributed by atoms with Crippen LogP contribution in [0.5, 0.6) is 0 Å². The number of nitrogen functional groups attached to an aromatic ring is 1. The van der Waals surface area contributed by atoms with Crippen LogP contribution in [0.2, 0.25) is 0 Å². The number of nitrogens with two attached hydrogens (primary N) is 1. The number of hydrogen-bond acceptors (Lipinski definition) is 5. The molecule has 8 heteroatoms. The highest BCUT2D eigenvalue weighted by Gasteiger charge is 2.15. The summed E-state index contributed by atoms with van der Waals surface area (Å²) < 4.78 is 0. The molecule has 0 spiro atoms. The Kier molecular flexibility index (Phi) is 4.19. The molecule has 96 valence electrons. The molecule has 0 unspecified atom stereocenters. The second-order valence-electron chi connectivity index (χ2n) is 3.38. The fourth-order valence-corrected chi connectivity index (χ4v) is 1.14. The monoisotopic (exact) mass is 252 g/mol. The lowest BCUT2D eigenvalue weighted by atomic mass is 10.1. The molecular formula is C10H12N4O4. The molecule has 0 heterocycles. The Bertz CT molecular complexity index is 501. The van der Waals surface area contributed by atoms with Gasteiger partial charge in [0.15, 0.2) is 0 Å². The van der Waals surface area contributed by atoms with E-state index in [1.54, 1.807) is 6.92 Å². The molecule has 0 aliphatic heterocycles. The van der Waals surface area contributed by atoms with E-state index < -0.39 is 10.8 Å². The SMILES string of the molecule is CCC(=O)NNC(=O)c1cc([N+](=O)[O-])ccc1N. The van der Waals surface area contributed by atoms with Crippen molar-refractivity contribution in [1.29, 1.82) is 0 Å². The number of hydrazine groups is 1. The van der Waals surface area contributed by atoms with E-state index in [0.29, 0.717) is 0 Å². The minimum absolute atomic E-state index is 0.0689. The van der Waals surface area contributed by atoms with Gasteiger partial charge in [0.2, 0.25) is 5.91 Å². The van der Waals surface area contributed by atoms with Crippen LogP contribution in [-0.4, -0.2) is 16.7 Å². The first-order chi connectivity index (χ1) is 8.45. The quantitative estimate of drug-likeness (QED) is 0.406. The van der Waals surface area contributed by atoms with Gasteiger partial charge in [-0.3, -0.25) is 30.6 Å². The third kappa shape index (κ3) is 3.17. The summed E-state index contributed by atoms with van der Waals surface area (Å²) in [7, 11) is 0. The molecule has 0 radical (unpaired) electrons. The first-order valence-electron chi connectivity index (χ1n) is 5.08. The summed E-state index contributed by atoms with van der Waals surface area (Å²) in [4.78, 5) is 32.5. The molecular weight excluding hydrogens is 240 g/mol. The third-order valence-electron chi connectivity index (χ3n) is 2.13. The van der Waals surface area contributed by atoms with Crippen LogP contribution in [0.1, 0.15) is 23.7 Å². The maximum atomic E-state index is 11.6. The molecule has 0 aromatic heterocycles. The normalized spacial score (nSPS) is 9.61. The van der Waals surface area contributed by atoms with Gasteiger partial charge in [0.25, 0.3) is 11.6 Å². The number of anilines is 1. The van der Waals surface area contributed by atoms with Gasteiger partial charge >= 0.3 is 0 Å². The summed E-state index contributed by atoms with van der Waals surface area (Å²) in [5.41, 5.74) is 9.56. The highest BCUT2D eigenvalue weighted by Crippen LogP contribution is 2.19. The van der Waals surface area contributed by atoms with Crippen molar-refractivity contribution in [3.63, 3.8) is 0 Å². The number of rotatable bonds is 3. The van der Waals surface area contributed by atoms with Crippen LogP contribution in [0, 0.1) is 10.1 Å². The van der Waals surface area contributed by atoms with Crippen LogP contribution < -0.4 is 16.6 Å². The van der Waals surface area contributed by atoms with Crippen LogP contribution in [0.4, 0.5) is 11.4 Å². The number of nitro groups is 1. The van der Waals surface area contributed by atoms with Crippen molar-refractivity contribution >= 4 is 23.2 Å². The van der Waals surface area contributed by atoms with E-state index in [1.165, 1.54) is 12.1 Å². The van der Waals surface area contributed by atoms with Gasteiger partial charge in [-0.2, -0.15) is 0 Å². The largest absolute Gasteiger partial charge is 0.398 e. The topological polar surface area (TPSA) is 127 Å². The fourth-order valence-electron chi connectivity index (χ4n) is 1.14. The van der Waals surface area contributed by atoms with E-state index in [-0.39, 0.29) is 29.3 Å². The maximum Gasteiger partial charge on any atom is 0.272 e. The highest BCUT2D eigenvalue weighted by atomic mass is 16.6. The zero-order valence-corrected chi connectivity index (χ0v) is 9.60. The Morgan fingerprint density at radius 1 is 1.39 bits per heavy atom. The Labute approximate surface area is 102 Å². The standard InChI is InChI=1S/C10H12N4O4/c1-2-9(15)12-13-10(16)7-5-6(14(17)18)3-4-8(7)11/h3-5H,2,11H2,1H3,(H,12,15)(H,13,16). The molecule has 4 N–H and O–H groups in total. The van der Waals surface area contributed by atoms with E-state index in [4.69, 9.17) is 5.73 Å². The van der Waals surface area contributed by atoms with Gasteiger partial charge in [-0.1, -0.05) is 6.92 Å². The lowest BCUT2D eigenvalue weighted by Gasteiger charge is -2.07. The predicted octanol–water partition coefficient (Wildman–Crippen LogP) is 0.348. The number of carbonyl (C=O) groups excluding carboxylic acids is 2. The smallest absolute Gasteiger partial charge is 0.272 e. The van der Waals surface area contributed by atoms with Crippen LogP contribution in [-0.2, 0) is 4.79 Å². The summed E-state index contributed by atoms with van der Waals surface area (Å²) in [5.74, 6) is -1.09. The second kappa shape index (κ2) is 5.62. The Hall–Kier alpha value is -2.64. The van der Waals surface area contributed by atoms with Gasteiger partial charge in [0, 0.05) is 24.2 Å². The average molecular weight is 252 g/mol. The van der Waals surface area contributed by atoms with E-state index in [9.17, 15) is 19.7 Å². The first kappa shape index (κ1) is 13.4. The molecule has 0 aliphatic carbocycles. The summed E-state index contributed by atoms with van der Waals surface area (Å²) >= 11 is 0. The summed E-state index contributed by atoms with van der Waals surface area (Å²) in [6, 6.07) is 3.49. The second-order valence-corrected chi connectivity index (χ2v) is 3.38. The van der Waals surface area contributed by atoms with Gasteiger partial charge in [0.05, 0.1) is 10.5 Å². The van der Waals surface area contributed by atoms with Crippen LogP contribution in [0.25, 0.3) is 0 Å². The summed E-state index contributed by atoms with van der Waals surface area (Å²) in [6.45, 7) is 1.61. The van der Waals surface area contributed by atoms with Crippen LogP contribution >= 0.6 is 0 Å². The zero-order valence-electron chi connectivity index (χ0n) is 9.60. The number of nitrogens with zero attached hydrogens (tertiary/aromatic N) is 1. The number of nitro benzene ring substituents is 1. The first-order valence-corrected chi connectivity index (χ1v) is 5.08. The molecule has 0 atom stereocenters. The molecule has 0 bridgehead atoms. The van der Waals surface area contributed by atoms with Crippen molar-refractivity contribution < 1.29 is 14.5 Å². The third-order valence-corrected chi connectivity index (χ3v) is 2.13. The van der Waals surface area contributed by atoms with E-state index in [1.807, 2.05) is 0 Å². The van der Waals surface area contributed by atoms with Crippen molar-refractivity contribution in [2.24, 2.45) is 0 Å². The van der Waals surface area contributed by atoms with Gasteiger partial charge in [0.1, 0.15) is 0 Å². The molecule has 1 aromatic rings. The average Bonchev–Trinajstić information content (AvgIpc) is 2.35. The molecule has 0 aliphatic rings. The number of nitrogens with one attached hydrogen (secondary N) is 2. The summed E-state index contributed by atoms with van der Waals surface area (Å²) in [6.07, 6.45) is 0.199. The number of hydrogen-bond donors (Lipinski definition) is 3. The number of amides is 2. The maximum absolute atomic E-state index is 11.6. The molecule has 0 saturated heterocycles. The molecule has 2 amide bonds. The van der Waals surface area contributed by atoms with Crippen molar-refractivity contribution in [1.82, 2.24) is 10.9 Å². The highest BCUT2D eigenvalue weighted by molar-refractivity contribution is 6.00. The minimum atomic E-state index is -0.710. The Morgan fingerprint density at radius 3 is 2.61 bits per heavy atom. The van der Waals surface area contributed by atoms with E-state index in [0.717, 1.165) is 6.07 Å². The minimum Gasteiger partial charge on any atom is -0.398 e. The van der Waals surface area contributed by atoms with Gasteiger partial charge < -0.3 is 5.73 Å². The molecule has 18 heavy (non-hydrogen) atoms. The zero-order chi connectivity index (χ0) is 13.7. The lowest BCUT2D eigenvalue weighted by Crippen LogP contribution is -2.41. The molecule has 8 nitrogen and oxygen atoms in total. The number of non-ortho nitro benzene ring substituents is 1. The predicted molar refractivity (Wildman–Crippen MR) is 63.4 cm³/mol. The molecule has 1 rings (SSSR count). The van der Waals surface area contributed by atoms with E-state index >= 15 is 0 Å². The number of benzene rings is 1. The van der Waals surface area contributed by atoms with Crippen molar-refractivity contribution in [3.8, 4) is 0 Å². The van der Waals surface area contributed by atoms with Crippen molar-refractivity contribution in [3.05, 3.63) is 33.9 Å². The van der Waals surface area contributed by atoms with Crippen LogP contribution in [0.15, 0.2) is 18.2 Å². The van der Waals surface area contributed by atoms with Crippen molar-refractivity contribution in [2.45, 2.75) is 13.3 Å². The molecule has 0 saturated carbocycles. The van der Waals surface area contributed by atoms with Crippen LogP contribution in [0.3, 0.4) is 0 Å². The molecule has 1 aromatic carbocycles. The summed E-state index contributed by atoms with van der Waals surface area (Å²) in [5, 5.41) is 10.6. The Balaban J connectivity index is 2.87. The molecule has 0 fully saturated rings. The lowest BCUT2D eigenvalue weighted by molar-refractivity contribution is -0.384.